The van der Waals surface area contributed by atoms with Crippen LogP contribution in [0.5, 0.6) is 5.75 Å². The van der Waals surface area contributed by atoms with Gasteiger partial charge >= 0.3 is 17.8 Å². The second-order valence-corrected chi connectivity index (χ2v) is 11.8. The van der Waals surface area contributed by atoms with Crippen molar-refractivity contribution in [1.29, 1.82) is 0 Å². The number of aliphatic carboxylic acids is 1. The molecule has 2 heterocycles. The first-order valence-electron chi connectivity index (χ1n) is 17.0. The molecule has 0 saturated heterocycles. The second-order valence-electron chi connectivity index (χ2n) is 11.8. The van der Waals surface area contributed by atoms with E-state index in [1.807, 2.05) is 6.92 Å². The van der Waals surface area contributed by atoms with E-state index in [-0.39, 0.29) is 54.0 Å². The first-order chi connectivity index (χ1) is 25.3. The predicted molar refractivity (Wildman–Crippen MR) is 182 cm³/mol. The van der Waals surface area contributed by atoms with Crippen LogP contribution >= 0.6 is 0 Å². The molecule has 0 aliphatic carbocycles. The number of carbonyl (C=O) groups excluding carboxylic acids is 5. The minimum atomic E-state index is -1.62. The highest BCUT2D eigenvalue weighted by Gasteiger charge is 2.31. The maximum absolute atomic E-state index is 13.3. The Hall–Kier alpha value is -5.91. The molecule has 0 aliphatic heterocycles. The zero-order valence-corrected chi connectivity index (χ0v) is 29.8. The van der Waals surface area contributed by atoms with Crippen molar-refractivity contribution in [1.82, 2.24) is 21.0 Å². The van der Waals surface area contributed by atoms with Crippen LogP contribution in [0.1, 0.15) is 91.7 Å². The Morgan fingerprint density at radius 2 is 1.74 bits per heavy atom. The predicted octanol–water partition coefficient (Wildman–Crippen LogP) is 3.14. The summed E-state index contributed by atoms with van der Waals surface area (Å²) in [5.41, 5.74) is 0.353. The van der Waals surface area contributed by atoms with Crippen LogP contribution in [0.15, 0.2) is 48.4 Å². The molecule has 4 amide bonds. The summed E-state index contributed by atoms with van der Waals surface area (Å²) < 4.78 is 25.9. The van der Waals surface area contributed by atoms with Crippen molar-refractivity contribution < 1.29 is 61.8 Å². The summed E-state index contributed by atoms with van der Waals surface area (Å²) in [5.74, 6) is -5.98. The third-order valence-corrected chi connectivity index (χ3v) is 8.09. The largest absolute Gasteiger partial charge is 0.519 e. The van der Waals surface area contributed by atoms with Crippen LogP contribution in [0, 0.1) is 12.8 Å². The van der Waals surface area contributed by atoms with Gasteiger partial charge in [0.1, 0.15) is 17.6 Å². The number of benzene rings is 1. The topological polar surface area (TPSA) is 257 Å². The summed E-state index contributed by atoms with van der Waals surface area (Å²) in [7, 11) is 0. The van der Waals surface area contributed by atoms with Crippen LogP contribution < -0.4 is 26.5 Å². The molecule has 0 bridgehead atoms. The lowest BCUT2D eigenvalue weighted by Gasteiger charge is -2.29. The maximum atomic E-state index is 13.3. The molecule has 18 heteroatoms. The van der Waals surface area contributed by atoms with E-state index < -0.39 is 66.5 Å². The molecule has 3 rings (SSSR count). The SMILES string of the molecule is CCCCCC(C(=O)NCNC(=O)c1ccc(-c2ccc(C(=O)NC(CC(=O)O)C(=O)OCc3oc(=O)oc3C)c(OCC)c2)o1)[C@@H](CC)N(O)C=O. The quantitative estimate of drug-likeness (QED) is 0.0247. The van der Waals surface area contributed by atoms with Gasteiger partial charge in [0.2, 0.25) is 12.3 Å². The molecule has 0 spiro atoms. The number of furan rings is 1. The minimum Gasteiger partial charge on any atom is -0.493 e. The van der Waals surface area contributed by atoms with Gasteiger partial charge in [-0.3, -0.25) is 29.2 Å². The highest BCUT2D eigenvalue weighted by Crippen LogP contribution is 2.29. The van der Waals surface area contributed by atoms with Crippen LogP contribution in [0.25, 0.3) is 11.3 Å². The van der Waals surface area contributed by atoms with Crippen LogP contribution in [0.2, 0.25) is 0 Å². The van der Waals surface area contributed by atoms with Crippen LogP contribution in [0.4, 0.5) is 0 Å². The smallest absolute Gasteiger partial charge is 0.493 e. The third kappa shape index (κ3) is 11.8. The molecule has 2 unspecified atom stereocenters. The average molecular weight is 745 g/mol. The second kappa shape index (κ2) is 20.2. The number of carboxylic acids is 1. The molecule has 2 aromatic heterocycles. The fraction of sp³-hybridized carbons (Fsp3) is 0.457. The number of unbranched alkanes of at least 4 members (excludes halogenated alkanes) is 2. The maximum Gasteiger partial charge on any atom is 0.519 e. The van der Waals surface area contributed by atoms with Gasteiger partial charge in [0.15, 0.2) is 23.9 Å². The number of hydrogen-bond acceptors (Lipinski definition) is 13. The lowest BCUT2D eigenvalue weighted by Crippen LogP contribution is -2.47. The van der Waals surface area contributed by atoms with Gasteiger partial charge in [-0.2, -0.15) is 0 Å². The molecule has 5 N–H and O–H groups in total. The molecule has 0 fully saturated rings. The van der Waals surface area contributed by atoms with Crippen LogP contribution in [-0.2, 0) is 30.5 Å². The molecule has 18 nitrogen and oxygen atoms in total. The zero-order valence-electron chi connectivity index (χ0n) is 29.8. The Bertz CT molecular complexity index is 1790. The van der Waals surface area contributed by atoms with E-state index in [0.29, 0.717) is 29.9 Å². The molecule has 1 aromatic carbocycles. The highest BCUT2D eigenvalue weighted by molar-refractivity contribution is 6.00. The number of ether oxygens (including phenoxy) is 2. The highest BCUT2D eigenvalue weighted by atomic mass is 16.6. The Kier molecular flexibility index (Phi) is 15.8. The van der Waals surface area contributed by atoms with Crippen molar-refractivity contribution >= 4 is 36.1 Å². The normalized spacial score (nSPS) is 12.5. The Labute approximate surface area is 303 Å². The number of carboxylic acid groups (broad SMARTS) is 1. The number of nitrogens with zero attached hydrogens (tertiary/aromatic N) is 1. The molecule has 0 aliphatic rings. The van der Waals surface area contributed by atoms with Crippen molar-refractivity contribution in [3.8, 4) is 17.1 Å². The number of carbonyl (C=O) groups is 6. The molecule has 53 heavy (non-hydrogen) atoms. The van der Waals surface area contributed by atoms with Gasteiger partial charge in [0.25, 0.3) is 11.8 Å². The van der Waals surface area contributed by atoms with E-state index in [1.165, 1.54) is 37.3 Å². The first-order valence-corrected chi connectivity index (χ1v) is 17.0. The van der Waals surface area contributed by atoms with Gasteiger partial charge in [-0.1, -0.05) is 39.2 Å². The number of nitrogens with one attached hydrogen (secondary N) is 3. The van der Waals surface area contributed by atoms with Gasteiger partial charge < -0.3 is 43.8 Å². The van der Waals surface area contributed by atoms with Gasteiger partial charge in [-0.15, -0.1) is 0 Å². The summed E-state index contributed by atoms with van der Waals surface area (Å²) in [5, 5.41) is 27.4. The van der Waals surface area contributed by atoms with E-state index in [9.17, 15) is 43.9 Å². The summed E-state index contributed by atoms with van der Waals surface area (Å²) in [6, 6.07) is 4.86. The summed E-state index contributed by atoms with van der Waals surface area (Å²) in [4.78, 5) is 85.8. The van der Waals surface area contributed by atoms with Crippen LogP contribution in [0.3, 0.4) is 0 Å². The summed E-state index contributed by atoms with van der Waals surface area (Å²) >= 11 is 0. The molecule has 0 radical (unpaired) electrons. The Balaban J connectivity index is 1.68. The standard InChI is InChI=1S/C35H44N4O14/c1-5-8-9-10-22(25(6-2)39(48)19-40)31(43)36-18-37-33(45)27-14-13-26(52-27)21-11-12-23(28(15-21)49-7-3)32(44)38-24(16-30(41)42)34(46)50-17-29-20(4)51-35(47)53-29/h11-15,19,22,24-25,48H,5-10,16-18H2,1-4H3,(H,36,43)(H,37,45)(H,38,44)(H,41,42)/t22?,24?,25-/m1/s1. The third-order valence-electron chi connectivity index (χ3n) is 8.09. The van der Waals surface area contributed by atoms with E-state index in [2.05, 4.69) is 16.0 Å². The number of amides is 4. The minimum absolute atomic E-state index is 0.0495. The molecule has 3 aromatic rings. The van der Waals surface area contributed by atoms with E-state index in [1.54, 1.807) is 13.8 Å². The number of hydrogen-bond donors (Lipinski definition) is 5. The van der Waals surface area contributed by atoms with Gasteiger partial charge in [0.05, 0.1) is 37.2 Å². The van der Waals surface area contributed by atoms with Gasteiger partial charge in [-0.05, 0) is 51.0 Å². The van der Waals surface area contributed by atoms with Crippen molar-refractivity contribution in [3.63, 3.8) is 0 Å². The van der Waals surface area contributed by atoms with Crippen molar-refractivity contribution in [2.24, 2.45) is 5.92 Å². The van der Waals surface area contributed by atoms with Crippen LogP contribution in [-0.4, -0.2) is 76.8 Å². The number of rotatable bonds is 22. The van der Waals surface area contributed by atoms with Gasteiger partial charge in [-0.25, -0.2) is 14.7 Å². The zero-order chi connectivity index (χ0) is 39.1. The van der Waals surface area contributed by atoms with Gasteiger partial charge in [0, 0.05) is 5.56 Å². The number of esters is 1. The Morgan fingerprint density at radius 1 is 0.981 bits per heavy atom. The fourth-order valence-corrected chi connectivity index (χ4v) is 5.38. The molecular weight excluding hydrogens is 700 g/mol. The fourth-order valence-electron chi connectivity index (χ4n) is 5.38. The molecule has 3 atom stereocenters. The molecule has 0 saturated carbocycles. The van der Waals surface area contributed by atoms with E-state index in [0.717, 1.165) is 12.8 Å². The van der Waals surface area contributed by atoms with Crippen molar-refractivity contribution in [3.05, 3.63) is 63.8 Å². The summed E-state index contributed by atoms with van der Waals surface area (Å²) in [6.07, 6.45) is 2.72. The molecule has 288 valence electrons. The first kappa shape index (κ1) is 41.5. The monoisotopic (exact) mass is 744 g/mol. The average Bonchev–Trinajstić information content (AvgIpc) is 3.75. The lowest BCUT2D eigenvalue weighted by atomic mass is 9.90. The van der Waals surface area contributed by atoms with Crippen molar-refractivity contribution in [2.75, 3.05) is 13.3 Å². The summed E-state index contributed by atoms with van der Waals surface area (Å²) in [6.45, 7) is 6.17. The molecular formula is C35H44N4O14. The van der Waals surface area contributed by atoms with E-state index >= 15 is 0 Å². The lowest BCUT2D eigenvalue weighted by molar-refractivity contribution is -0.168. The van der Waals surface area contributed by atoms with E-state index in [4.69, 9.17) is 22.7 Å². The Morgan fingerprint density at radius 3 is 2.36 bits per heavy atom. The van der Waals surface area contributed by atoms with Crippen molar-refractivity contribution in [2.45, 2.75) is 84.9 Å². The number of hydroxylamine groups is 2. The number of aryl methyl sites for hydroxylation is 1.